The van der Waals surface area contributed by atoms with Gasteiger partial charge in [0.05, 0.1) is 32.9 Å². The largest absolute Gasteiger partial charge is 0.493 e. The first kappa shape index (κ1) is 21.4. The van der Waals surface area contributed by atoms with E-state index in [1.165, 1.54) is 25.6 Å². The van der Waals surface area contributed by atoms with Crippen molar-refractivity contribution in [2.45, 2.75) is 26.2 Å². The highest BCUT2D eigenvalue weighted by Gasteiger charge is 2.14. The predicted octanol–water partition coefficient (Wildman–Crippen LogP) is 2.87. The fourth-order valence-corrected chi connectivity index (χ4v) is 3.09. The molecular formula is C19H22N2O6S. The Morgan fingerprint density at radius 1 is 1.11 bits per heavy atom. The fraction of sp³-hybridized carbons (Fsp3) is 0.368. The quantitative estimate of drug-likeness (QED) is 0.478. The number of nitrogens with one attached hydrogen (secondary N) is 1. The van der Waals surface area contributed by atoms with Crippen LogP contribution < -0.4 is 14.8 Å². The van der Waals surface area contributed by atoms with Gasteiger partial charge in [0, 0.05) is 23.8 Å². The van der Waals surface area contributed by atoms with Gasteiger partial charge in [-0.1, -0.05) is 0 Å². The number of rotatable bonds is 10. The first-order valence-electron chi connectivity index (χ1n) is 8.61. The summed E-state index contributed by atoms with van der Waals surface area (Å²) in [5.41, 5.74) is 0.969. The summed E-state index contributed by atoms with van der Waals surface area (Å²) in [5.74, 6) is 0.101. The van der Waals surface area contributed by atoms with E-state index in [9.17, 15) is 14.4 Å². The average Bonchev–Trinajstić information content (AvgIpc) is 3.12. The molecule has 2 rings (SSSR count). The van der Waals surface area contributed by atoms with Crippen LogP contribution in [0.3, 0.4) is 0 Å². The Morgan fingerprint density at radius 2 is 1.86 bits per heavy atom. The van der Waals surface area contributed by atoms with Crippen LogP contribution in [0.4, 0.5) is 5.13 Å². The summed E-state index contributed by atoms with van der Waals surface area (Å²) >= 11 is 1.21. The number of thiazole rings is 1. The molecule has 0 spiro atoms. The number of methoxy groups -OCH3 is 2. The molecule has 1 amide bonds. The molecule has 1 aromatic carbocycles. The molecule has 0 unspecified atom stereocenters. The second-order valence-electron chi connectivity index (χ2n) is 5.67. The number of hydrogen-bond donors (Lipinski definition) is 1. The highest BCUT2D eigenvalue weighted by molar-refractivity contribution is 7.13. The zero-order chi connectivity index (χ0) is 20.5. The minimum Gasteiger partial charge on any atom is -0.493 e. The van der Waals surface area contributed by atoms with Crippen LogP contribution in [0.25, 0.3) is 0 Å². The Labute approximate surface area is 166 Å². The summed E-state index contributed by atoms with van der Waals surface area (Å²) in [4.78, 5) is 40.0. The third-order valence-electron chi connectivity index (χ3n) is 3.71. The number of benzene rings is 1. The molecule has 0 saturated carbocycles. The van der Waals surface area contributed by atoms with E-state index in [1.54, 1.807) is 30.5 Å². The van der Waals surface area contributed by atoms with Crippen LogP contribution in [0.5, 0.6) is 11.5 Å². The van der Waals surface area contributed by atoms with Crippen LogP contribution >= 0.6 is 11.3 Å². The van der Waals surface area contributed by atoms with E-state index in [4.69, 9.17) is 14.2 Å². The van der Waals surface area contributed by atoms with E-state index in [0.29, 0.717) is 34.5 Å². The lowest BCUT2D eigenvalue weighted by Gasteiger charge is -2.09. The van der Waals surface area contributed by atoms with Gasteiger partial charge in [0.1, 0.15) is 0 Å². The van der Waals surface area contributed by atoms with Crippen molar-refractivity contribution in [3.63, 3.8) is 0 Å². The lowest BCUT2D eigenvalue weighted by Crippen LogP contribution is -2.14. The van der Waals surface area contributed by atoms with Crippen molar-refractivity contribution >= 4 is 34.1 Å². The van der Waals surface area contributed by atoms with Gasteiger partial charge in [-0.2, -0.15) is 0 Å². The number of anilines is 1. The lowest BCUT2D eigenvalue weighted by atomic mass is 10.1. The number of aromatic nitrogens is 1. The van der Waals surface area contributed by atoms with E-state index in [1.807, 2.05) is 0 Å². The summed E-state index contributed by atoms with van der Waals surface area (Å²) < 4.78 is 15.2. The molecule has 8 nitrogen and oxygen atoms in total. The van der Waals surface area contributed by atoms with E-state index in [2.05, 4.69) is 10.3 Å². The number of esters is 1. The molecule has 0 bridgehead atoms. The summed E-state index contributed by atoms with van der Waals surface area (Å²) in [6, 6.07) is 4.86. The van der Waals surface area contributed by atoms with Crippen LogP contribution in [-0.4, -0.2) is 43.5 Å². The van der Waals surface area contributed by atoms with Crippen molar-refractivity contribution in [1.82, 2.24) is 4.98 Å². The van der Waals surface area contributed by atoms with Gasteiger partial charge in [0.25, 0.3) is 0 Å². The predicted molar refractivity (Wildman–Crippen MR) is 104 cm³/mol. The number of ketones is 1. The van der Waals surface area contributed by atoms with E-state index in [0.717, 1.165) is 0 Å². The Bertz CT molecular complexity index is 849. The lowest BCUT2D eigenvalue weighted by molar-refractivity contribution is -0.142. The van der Waals surface area contributed by atoms with Gasteiger partial charge in [0.15, 0.2) is 22.4 Å². The normalized spacial score (nSPS) is 10.2. The van der Waals surface area contributed by atoms with Crippen molar-refractivity contribution in [2.75, 3.05) is 26.1 Å². The van der Waals surface area contributed by atoms with Crippen molar-refractivity contribution in [2.24, 2.45) is 0 Å². The number of ether oxygens (including phenoxy) is 3. The van der Waals surface area contributed by atoms with Crippen molar-refractivity contribution < 1.29 is 28.6 Å². The standard InChI is InChI=1S/C19H22N2O6S/c1-4-27-18(24)10-13-11-28-19(20-13)21-17(23)8-6-14(22)12-5-7-15(25-2)16(9-12)26-3/h5,7,9,11H,4,6,8,10H2,1-3H3,(H,20,21,23). The van der Waals surface area contributed by atoms with Crippen LogP contribution in [0.2, 0.25) is 0 Å². The van der Waals surface area contributed by atoms with Crippen LogP contribution in [-0.2, 0) is 20.7 Å². The van der Waals surface area contributed by atoms with Gasteiger partial charge < -0.3 is 19.5 Å². The SMILES string of the molecule is CCOC(=O)Cc1csc(NC(=O)CCC(=O)c2ccc(OC)c(OC)c2)n1. The number of nitrogens with zero attached hydrogens (tertiary/aromatic N) is 1. The molecule has 2 aromatic rings. The van der Waals surface area contributed by atoms with Gasteiger partial charge in [-0.3, -0.25) is 14.4 Å². The van der Waals surface area contributed by atoms with Crippen molar-refractivity contribution in [3.05, 3.63) is 34.8 Å². The monoisotopic (exact) mass is 406 g/mol. The Balaban J connectivity index is 1.86. The Morgan fingerprint density at radius 3 is 2.54 bits per heavy atom. The summed E-state index contributed by atoms with van der Waals surface area (Å²) in [7, 11) is 3.00. The van der Waals surface area contributed by atoms with Gasteiger partial charge in [-0.25, -0.2) is 4.98 Å². The minimum atomic E-state index is -0.369. The molecule has 9 heteroatoms. The van der Waals surface area contributed by atoms with Gasteiger partial charge in [-0.15, -0.1) is 11.3 Å². The Kier molecular flexibility index (Phi) is 7.94. The highest BCUT2D eigenvalue weighted by Crippen LogP contribution is 2.28. The first-order chi connectivity index (χ1) is 13.5. The van der Waals surface area contributed by atoms with Gasteiger partial charge in [0.2, 0.25) is 5.91 Å². The Hall–Kier alpha value is -2.94. The summed E-state index contributed by atoms with van der Waals surface area (Å²) in [5, 5.41) is 4.69. The molecule has 0 aliphatic heterocycles. The maximum Gasteiger partial charge on any atom is 0.311 e. The maximum atomic E-state index is 12.3. The van der Waals surface area contributed by atoms with Gasteiger partial charge in [-0.05, 0) is 25.1 Å². The summed E-state index contributed by atoms with van der Waals surface area (Å²) in [6.45, 7) is 2.04. The number of amides is 1. The van der Waals surface area contributed by atoms with Gasteiger partial charge >= 0.3 is 5.97 Å². The molecule has 0 atom stereocenters. The third-order valence-corrected chi connectivity index (χ3v) is 4.52. The van der Waals surface area contributed by atoms with Crippen LogP contribution in [0.1, 0.15) is 35.8 Å². The average molecular weight is 406 g/mol. The molecule has 1 N–H and O–H groups in total. The molecule has 0 saturated heterocycles. The maximum absolute atomic E-state index is 12.3. The number of hydrogen-bond acceptors (Lipinski definition) is 8. The second kappa shape index (κ2) is 10.4. The number of carbonyl (C=O) groups excluding carboxylic acids is 3. The highest BCUT2D eigenvalue weighted by atomic mass is 32.1. The molecule has 28 heavy (non-hydrogen) atoms. The molecule has 0 fully saturated rings. The van der Waals surface area contributed by atoms with Crippen molar-refractivity contribution in [1.29, 1.82) is 0 Å². The van der Waals surface area contributed by atoms with Crippen LogP contribution in [0.15, 0.2) is 23.6 Å². The summed E-state index contributed by atoms with van der Waals surface area (Å²) in [6.07, 6.45) is 0.111. The smallest absolute Gasteiger partial charge is 0.311 e. The zero-order valence-electron chi connectivity index (χ0n) is 15.9. The van der Waals surface area contributed by atoms with Crippen molar-refractivity contribution in [3.8, 4) is 11.5 Å². The van der Waals surface area contributed by atoms with Crippen LogP contribution in [0, 0.1) is 0 Å². The van der Waals surface area contributed by atoms with E-state index in [-0.39, 0.29) is 36.9 Å². The third kappa shape index (κ3) is 6.05. The molecule has 0 radical (unpaired) electrons. The molecule has 1 aromatic heterocycles. The molecule has 1 heterocycles. The fourth-order valence-electron chi connectivity index (χ4n) is 2.37. The molecule has 150 valence electrons. The number of Topliss-reactive ketones (excluding diaryl/α,β-unsaturated/α-hetero) is 1. The zero-order valence-corrected chi connectivity index (χ0v) is 16.8. The molecular weight excluding hydrogens is 384 g/mol. The minimum absolute atomic E-state index is 0.0139. The van der Waals surface area contributed by atoms with E-state index < -0.39 is 0 Å². The first-order valence-corrected chi connectivity index (χ1v) is 9.49. The topological polar surface area (TPSA) is 104 Å². The molecule has 0 aliphatic rings. The molecule has 0 aliphatic carbocycles. The van der Waals surface area contributed by atoms with E-state index >= 15 is 0 Å². The number of carbonyl (C=O) groups is 3. The second-order valence-corrected chi connectivity index (χ2v) is 6.53.